The van der Waals surface area contributed by atoms with E-state index in [9.17, 15) is 0 Å². The number of aromatic nitrogens is 3. The number of nitrogen functional groups attached to an aromatic ring is 1. The molecule has 0 amide bonds. The van der Waals surface area contributed by atoms with Crippen LogP contribution in [-0.2, 0) is 0 Å². The predicted octanol–water partition coefficient (Wildman–Crippen LogP) is 2.22. The first-order valence-electron chi connectivity index (χ1n) is 5.52. The van der Waals surface area contributed by atoms with Crippen LogP contribution in [0.1, 0.15) is 0 Å². The van der Waals surface area contributed by atoms with Gasteiger partial charge in [-0.25, -0.2) is 9.97 Å². The standard InChI is InChI=1S/C13H12N4O/c1-18-12-9(11-7-15-13(14)17-11)6-8-4-2-3-5-10(8)16-12/h2-7H,1H3,(H3,14,15,17). The molecule has 1 aromatic carbocycles. The number of pyridine rings is 1. The van der Waals surface area contributed by atoms with E-state index in [0.29, 0.717) is 11.8 Å². The summed E-state index contributed by atoms with van der Waals surface area (Å²) in [6.45, 7) is 0. The van der Waals surface area contributed by atoms with E-state index in [1.54, 1.807) is 13.3 Å². The van der Waals surface area contributed by atoms with Gasteiger partial charge in [-0.1, -0.05) is 18.2 Å². The van der Waals surface area contributed by atoms with Crippen LogP contribution in [0.5, 0.6) is 5.88 Å². The molecule has 0 bridgehead atoms. The van der Waals surface area contributed by atoms with Crippen molar-refractivity contribution in [2.24, 2.45) is 0 Å². The molecule has 18 heavy (non-hydrogen) atoms. The van der Waals surface area contributed by atoms with Gasteiger partial charge in [0.2, 0.25) is 5.88 Å². The van der Waals surface area contributed by atoms with E-state index in [1.807, 2.05) is 30.3 Å². The average Bonchev–Trinajstić information content (AvgIpc) is 2.83. The third-order valence-corrected chi connectivity index (χ3v) is 2.77. The molecule has 0 aliphatic carbocycles. The highest BCUT2D eigenvalue weighted by atomic mass is 16.5. The Bertz CT molecular complexity index is 705. The Morgan fingerprint density at radius 1 is 1.28 bits per heavy atom. The fraction of sp³-hybridized carbons (Fsp3) is 0.0769. The highest BCUT2D eigenvalue weighted by Crippen LogP contribution is 2.30. The zero-order valence-corrected chi connectivity index (χ0v) is 9.84. The molecular weight excluding hydrogens is 228 g/mol. The number of nitrogens with two attached hydrogens (primary N) is 1. The molecule has 0 atom stereocenters. The van der Waals surface area contributed by atoms with Crippen LogP contribution in [-0.4, -0.2) is 22.1 Å². The molecule has 0 fully saturated rings. The lowest BCUT2D eigenvalue weighted by atomic mass is 10.1. The largest absolute Gasteiger partial charge is 0.480 e. The van der Waals surface area contributed by atoms with Crippen LogP contribution >= 0.6 is 0 Å². The number of fused-ring (bicyclic) bond motifs is 1. The Kier molecular flexibility index (Phi) is 2.37. The maximum Gasteiger partial charge on any atom is 0.223 e. The Morgan fingerprint density at radius 3 is 2.83 bits per heavy atom. The Balaban J connectivity index is 2.26. The summed E-state index contributed by atoms with van der Waals surface area (Å²) in [6, 6.07) is 9.88. The van der Waals surface area contributed by atoms with Crippen LogP contribution in [0.2, 0.25) is 0 Å². The molecule has 0 aliphatic heterocycles. The van der Waals surface area contributed by atoms with Crippen molar-refractivity contribution in [1.29, 1.82) is 0 Å². The van der Waals surface area contributed by atoms with Crippen LogP contribution in [0, 0.1) is 0 Å². The van der Waals surface area contributed by atoms with Crippen molar-refractivity contribution >= 4 is 16.9 Å². The zero-order valence-electron chi connectivity index (χ0n) is 9.84. The van der Waals surface area contributed by atoms with Gasteiger partial charge < -0.3 is 15.5 Å². The second-order valence-corrected chi connectivity index (χ2v) is 3.92. The summed E-state index contributed by atoms with van der Waals surface area (Å²) in [5.74, 6) is 0.928. The number of nitrogens with one attached hydrogen (secondary N) is 1. The predicted molar refractivity (Wildman–Crippen MR) is 70.3 cm³/mol. The fourth-order valence-electron chi connectivity index (χ4n) is 1.92. The molecule has 5 heteroatoms. The van der Waals surface area contributed by atoms with Crippen molar-refractivity contribution in [3.8, 4) is 17.1 Å². The summed E-state index contributed by atoms with van der Waals surface area (Å²) in [4.78, 5) is 11.4. The Labute approximate surface area is 104 Å². The minimum absolute atomic E-state index is 0.375. The molecule has 0 aliphatic rings. The summed E-state index contributed by atoms with van der Waals surface area (Å²) in [5.41, 5.74) is 8.13. The highest BCUT2D eigenvalue weighted by Gasteiger charge is 2.11. The van der Waals surface area contributed by atoms with Gasteiger partial charge in [-0.3, -0.25) is 0 Å². The molecule has 0 spiro atoms. The Morgan fingerprint density at radius 2 is 2.11 bits per heavy atom. The van der Waals surface area contributed by atoms with Gasteiger partial charge in [0.05, 0.1) is 30.1 Å². The average molecular weight is 240 g/mol. The van der Waals surface area contributed by atoms with Gasteiger partial charge >= 0.3 is 0 Å². The third kappa shape index (κ3) is 1.66. The molecule has 90 valence electrons. The molecule has 3 aromatic rings. The molecular formula is C13H12N4O. The number of hydrogen-bond acceptors (Lipinski definition) is 4. The second-order valence-electron chi connectivity index (χ2n) is 3.92. The minimum Gasteiger partial charge on any atom is -0.480 e. The molecule has 3 N–H and O–H groups in total. The molecule has 0 saturated carbocycles. The lowest BCUT2D eigenvalue weighted by Crippen LogP contribution is -1.93. The van der Waals surface area contributed by atoms with Gasteiger partial charge in [-0.2, -0.15) is 0 Å². The van der Waals surface area contributed by atoms with Crippen molar-refractivity contribution in [1.82, 2.24) is 15.0 Å². The van der Waals surface area contributed by atoms with Crippen LogP contribution < -0.4 is 10.5 Å². The normalized spacial score (nSPS) is 10.7. The number of anilines is 1. The van der Waals surface area contributed by atoms with Crippen LogP contribution in [0.3, 0.4) is 0 Å². The van der Waals surface area contributed by atoms with Crippen molar-refractivity contribution in [2.75, 3.05) is 12.8 Å². The van der Waals surface area contributed by atoms with Crippen LogP contribution in [0.4, 0.5) is 5.95 Å². The van der Waals surface area contributed by atoms with Gasteiger partial charge in [-0.05, 0) is 12.1 Å². The number of imidazole rings is 1. The van der Waals surface area contributed by atoms with Crippen molar-refractivity contribution in [3.05, 3.63) is 36.5 Å². The number of ether oxygens (including phenoxy) is 1. The highest BCUT2D eigenvalue weighted by molar-refractivity contribution is 5.85. The first-order valence-corrected chi connectivity index (χ1v) is 5.52. The SMILES string of the molecule is COc1nc2ccccc2cc1-c1cnc(N)[nH]1. The van der Waals surface area contributed by atoms with E-state index in [1.165, 1.54) is 0 Å². The molecule has 3 rings (SSSR count). The maximum absolute atomic E-state index is 5.59. The number of aromatic amines is 1. The summed E-state index contributed by atoms with van der Waals surface area (Å²) in [6.07, 6.45) is 1.67. The lowest BCUT2D eigenvalue weighted by Gasteiger charge is -2.07. The molecule has 2 aromatic heterocycles. The quantitative estimate of drug-likeness (QED) is 0.720. The van der Waals surface area contributed by atoms with Crippen LogP contribution in [0.25, 0.3) is 22.2 Å². The van der Waals surface area contributed by atoms with E-state index in [4.69, 9.17) is 10.5 Å². The van der Waals surface area contributed by atoms with Crippen molar-refractivity contribution in [2.45, 2.75) is 0 Å². The number of rotatable bonds is 2. The monoisotopic (exact) mass is 240 g/mol. The van der Waals surface area contributed by atoms with Gasteiger partial charge in [-0.15, -0.1) is 0 Å². The molecule has 0 unspecified atom stereocenters. The number of para-hydroxylation sites is 1. The lowest BCUT2D eigenvalue weighted by molar-refractivity contribution is 0.401. The van der Waals surface area contributed by atoms with E-state index >= 15 is 0 Å². The molecule has 0 radical (unpaired) electrons. The van der Waals surface area contributed by atoms with Gasteiger partial charge in [0.25, 0.3) is 0 Å². The first-order chi connectivity index (χ1) is 8.78. The third-order valence-electron chi connectivity index (χ3n) is 2.77. The number of methoxy groups -OCH3 is 1. The molecule has 0 saturated heterocycles. The topological polar surface area (TPSA) is 76.8 Å². The van der Waals surface area contributed by atoms with Crippen molar-refractivity contribution in [3.63, 3.8) is 0 Å². The first kappa shape index (κ1) is 10.6. The summed E-state index contributed by atoms with van der Waals surface area (Å²) in [7, 11) is 1.60. The zero-order chi connectivity index (χ0) is 12.5. The Hall–Kier alpha value is -2.56. The summed E-state index contributed by atoms with van der Waals surface area (Å²) < 4.78 is 5.32. The second kappa shape index (κ2) is 4.03. The number of hydrogen-bond donors (Lipinski definition) is 2. The smallest absolute Gasteiger partial charge is 0.223 e. The number of nitrogens with zero attached hydrogens (tertiary/aromatic N) is 2. The fourth-order valence-corrected chi connectivity index (χ4v) is 1.92. The summed E-state index contributed by atoms with van der Waals surface area (Å²) >= 11 is 0. The van der Waals surface area contributed by atoms with Gasteiger partial charge in [0, 0.05) is 5.39 Å². The van der Waals surface area contributed by atoms with Gasteiger partial charge in [0.1, 0.15) is 0 Å². The van der Waals surface area contributed by atoms with Gasteiger partial charge in [0.15, 0.2) is 5.95 Å². The van der Waals surface area contributed by atoms with E-state index in [2.05, 4.69) is 15.0 Å². The maximum atomic E-state index is 5.59. The number of benzene rings is 1. The van der Waals surface area contributed by atoms with E-state index in [0.717, 1.165) is 22.2 Å². The van der Waals surface area contributed by atoms with Crippen molar-refractivity contribution < 1.29 is 4.74 Å². The molecule has 5 nitrogen and oxygen atoms in total. The van der Waals surface area contributed by atoms with Crippen LogP contribution in [0.15, 0.2) is 36.5 Å². The molecule has 2 heterocycles. The number of H-pyrrole nitrogens is 1. The minimum atomic E-state index is 0.375. The van der Waals surface area contributed by atoms with E-state index < -0.39 is 0 Å². The van der Waals surface area contributed by atoms with E-state index in [-0.39, 0.29) is 0 Å². The summed E-state index contributed by atoms with van der Waals surface area (Å²) in [5, 5.41) is 1.04.